The smallest absolute Gasteiger partial charge is 0.312 e. The second-order valence-corrected chi connectivity index (χ2v) is 7.82. The lowest BCUT2D eigenvalue weighted by molar-refractivity contribution is -0.386. The lowest BCUT2D eigenvalue weighted by atomic mass is 10.1. The van der Waals surface area contributed by atoms with Crippen LogP contribution in [0.2, 0.25) is 0 Å². The van der Waals surface area contributed by atoms with Crippen LogP contribution in [0.15, 0.2) is 67.3 Å². The first-order valence-corrected chi connectivity index (χ1v) is 10.5. The average molecular weight is 444 g/mol. The number of carbonyl (C=O) groups is 1. The molecule has 0 unspecified atom stereocenters. The van der Waals surface area contributed by atoms with Gasteiger partial charge in [-0.25, -0.2) is 4.98 Å². The molecule has 9 heteroatoms. The molecular weight excluding hydrogens is 420 g/mol. The Kier molecular flexibility index (Phi) is 6.30. The predicted octanol–water partition coefficient (Wildman–Crippen LogP) is 3.63. The first kappa shape index (κ1) is 21.9. The van der Waals surface area contributed by atoms with Gasteiger partial charge in [-0.05, 0) is 42.7 Å². The number of amides is 1. The second kappa shape index (κ2) is 9.47. The minimum absolute atomic E-state index is 0.0410. The highest BCUT2D eigenvalue weighted by atomic mass is 16.6. The summed E-state index contributed by atoms with van der Waals surface area (Å²) in [5, 5.41) is 18.4. The Morgan fingerprint density at radius 1 is 1.06 bits per heavy atom. The van der Waals surface area contributed by atoms with E-state index in [1.807, 2.05) is 47.2 Å². The number of rotatable bonds is 8. The minimum Gasteiger partial charge on any atom is -0.348 e. The molecule has 9 nitrogen and oxygen atoms in total. The Balaban J connectivity index is 1.40. The summed E-state index contributed by atoms with van der Waals surface area (Å²) in [6.07, 6.45) is 5.41. The summed E-state index contributed by atoms with van der Waals surface area (Å²) in [7, 11) is 0. The van der Waals surface area contributed by atoms with Crippen molar-refractivity contribution in [1.82, 2.24) is 24.6 Å². The van der Waals surface area contributed by atoms with Crippen LogP contribution in [0.5, 0.6) is 0 Å². The van der Waals surface area contributed by atoms with Crippen molar-refractivity contribution in [3.8, 4) is 0 Å². The first-order chi connectivity index (χ1) is 15.9. The van der Waals surface area contributed by atoms with Gasteiger partial charge in [0.25, 0.3) is 5.91 Å². The highest BCUT2D eigenvalue weighted by molar-refractivity contribution is 5.94. The minimum atomic E-state index is -0.408. The first-order valence-electron chi connectivity index (χ1n) is 10.5. The molecule has 0 aliphatic rings. The zero-order valence-corrected chi connectivity index (χ0v) is 18.4. The molecule has 168 valence electrons. The Labute approximate surface area is 190 Å². The van der Waals surface area contributed by atoms with E-state index < -0.39 is 4.92 Å². The summed E-state index contributed by atoms with van der Waals surface area (Å²) >= 11 is 0. The fourth-order valence-corrected chi connectivity index (χ4v) is 3.78. The molecule has 33 heavy (non-hydrogen) atoms. The summed E-state index contributed by atoms with van der Waals surface area (Å²) in [5.41, 5.74) is 4.55. The lowest BCUT2D eigenvalue weighted by Crippen LogP contribution is -2.23. The van der Waals surface area contributed by atoms with Gasteiger partial charge in [-0.1, -0.05) is 36.4 Å². The van der Waals surface area contributed by atoms with Crippen molar-refractivity contribution in [3.63, 3.8) is 0 Å². The van der Waals surface area contributed by atoms with Gasteiger partial charge in [-0.2, -0.15) is 5.10 Å². The van der Waals surface area contributed by atoms with Crippen molar-refractivity contribution < 1.29 is 9.72 Å². The zero-order valence-electron chi connectivity index (χ0n) is 18.4. The van der Waals surface area contributed by atoms with Crippen molar-refractivity contribution in [2.45, 2.75) is 33.5 Å². The Morgan fingerprint density at radius 2 is 1.79 bits per heavy atom. The molecule has 0 aliphatic carbocycles. The van der Waals surface area contributed by atoms with Gasteiger partial charge < -0.3 is 9.88 Å². The molecule has 4 aromatic rings. The Hall–Kier alpha value is -4.27. The molecule has 0 aliphatic heterocycles. The Morgan fingerprint density at radius 3 is 2.42 bits per heavy atom. The third kappa shape index (κ3) is 4.98. The molecule has 0 spiro atoms. The van der Waals surface area contributed by atoms with E-state index >= 15 is 0 Å². The summed E-state index contributed by atoms with van der Waals surface area (Å²) in [4.78, 5) is 27.5. The van der Waals surface area contributed by atoms with Crippen LogP contribution in [0.25, 0.3) is 0 Å². The van der Waals surface area contributed by atoms with Crippen LogP contribution in [0.1, 0.15) is 38.4 Å². The van der Waals surface area contributed by atoms with Crippen LogP contribution in [0.4, 0.5) is 5.69 Å². The summed E-state index contributed by atoms with van der Waals surface area (Å²) < 4.78 is 3.59. The predicted molar refractivity (Wildman–Crippen MR) is 123 cm³/mol. The molecule has 0 radical (unpaired) electrons. The van der Waals surface area contributed by atoms with Crippen molar-refractivity contribution >= 4 is 11.6 Å². The van der Waals surface area contributed by atoms with E-state index in [0.29, 0.717) is 36.6 Å². The quantitative estimate of drug-likeness (QED) is 0.330. The molecule has 2 heterocycles. The molecule has 0 saturated carbocycles. The van der Waals surface area contributed by atoms with Crippen molar-refractivity contribution in [1.29, 1.82) is 0 Å². The van der Waals surface area contributed by atoms with Gasteiger partial charge in [0.15, 0.2) is 0 Å². The number of carbonyl (C=O) groups excluding carboxylic acids is 1. The van der Waals surface area contributed by atoms with Crippen LogP contribution >= 0.6 is 0 Å². The van der Waals surface area contributed by atoms with Crippen molar-refractivity contribution in [3.05, 3.63) is 111 Å². The molecule has 0 saturated heterocycles. The number of benzene rings is 2. The maximum absolute atomic E-state index is 12.7. The van der Waals surface area contributed by atoms with Gasteiger partial charge in [0, 0.05) is 31.0 Å². The molecule has 0 atom stereocenters. The van der Waals surface area contributed by atoms with Gasteiger partial charge in [-0.15, -0.1) is 0 Å². The van der Waals surface area contributed by atoms with Gasteiger partial charge in [0.05, 0.1) is 17.8 Å². The fourth-order valence-electron chi connectivity index (χ4n) is 3.78. The lowest BCUT2D eigenvalue weighted by Gasteiger charge is -2.12. The van der Waals surface area contributed by atoms with Crippen molar-refractivity contribution in [2.24, 2.45) is 0 Å². The van der Waals surface area contributed by atoms with E-state index in [1.54, 1.807) is 43.2 Å². The molecular formula is C24H24N6O3. The van der Waals surface area contributed by atoms with Crippen molar-refractivity contribution in [2.75, 3.05) is 0 Å². The van der Waals surface area contributed by atoms with Crippen LogP contribution < -0.4 is 5.32 Å². The topological polar surface area (TPSA) is 108 Å². The number of hydrogen-bond acceptors (Lipinski definition) is 5. The molecule has 1 N–H and O–H groups in total. The number of aryl methyl sites for hydroxylation is 1. The zero-order chi connectivity index (χ0) is 23.4. The molecule has 0 fully saturated rings. The van der Waals surface area contributed by atoms with E-state index in [4.69, 9.17) is 0 Å². The van der Waals surface area contributed by atoms with Crippen LogP contribution in [-0.4, -0.2) is 30.2 Å². The van der Waals surface area contributed by atoms with E-state index in [0.717, 1.165) is 16.7 Å². The van der Waals surface area contributed by atoms with Gasteiger partial charge in [0.2, 0.25) is 0 Å². The van der Waals surface area contributed by atoms with Gasteiger partial charge in [-0.3, -0.25) is 19.6 Å². The van der Waals surface area contributed by atoms with Crippen LogP contribution in [0, 0.1) is 24.0 Å². The van der Waals surface area contributed by atoms with Crippen LogP contribution in [-0.2, 0) is 19.6 Å². The SMILES string of the molecule is Cc1nn(Cc2ccc(C(=O)NCc3ccccc3Cn3ccnc3)cc2)c(C)c1[N+](=O)[O-]. The number of aromatic nitrogens is 4. The highest BCUT2D eigenvalue weighted by Crippen LogP contribution is 2.22. The van der Waals surface area contributed by atoms with E-state index in [-0.39, 0.29) is 11.6 Å². The molecule has 1 amide bonds. The number of imidazole rings is 1. The van der Waals surface area contributed by atoms with Gasteiger partial charge in [0.1, 0.15) is 11.4 Å². The standard InChI is InChI=1S/C24H24N6O3/c1-17-23(30(32)33)18(2)29(27-17)14-19-7-9-20(10-8-19)24(31)26-13-21-5-3-4-6-22(21)15-28-12-11-25-16-28/h3-12,16H,13-15H2,1-2H3,(H,26,31). The molecule has 4 rings (SSSR count). The monoisotopic (exact) mass is 444 g/mol. The van der Waals surface area contributed by atoms with Crippen LogP contribution in [0.3, 0.4) is 0 Å². The van der Waals surface area contributed by atoms with E-state index in [9.17, 15) is 14.9 Å². The normalized spacial score (nSPS) is 10.8. The third-order valence-corrected chi connectivity index (χ3v) is 5.54. The fraction of sp³-hybridized carbons (Fsp3) is 0.208. The number of hydrogen-bond donors (Lipinski definition) is 1. The number of nitrogens with zero attached hydrogens (tertiary/aromatic N) is 5. The average Bonchev–Trinajstić information content (AvgIpc) is 3.40. The molecule has 2 aromatic heterocycles. The summed E-state index contributed by atoms with van der Waals surface area (Å²) in [6, 6.07) is 15.2. The maximum atomic E-state index is 12.7. The third-order valence-electron chi connectivity index (χ3n) is 5.54. The van der Waals surface area contributed by atoms with E-state index in [2.05, 4.69) is 15.4 Å². The Bertz CT molecular complexity index is 1280. The summed E-state index contributed by atoms with van der Waals surface area (Å²) in [5.74, 6) is -0.166. The maximum Gasteiger partial charge on any atom is 0.312 e. The molecule has 0 bridgehead atoms. The largest absolute Gasteiger partial charge is 0.348 e. The second-order valence-electron chi connectivity index (χ2n) is 7.82. The number of nitrogens with one attached hydrogen (secondary N) is 1. The molecule has 2 aromatic carbocycles. The van der Waals surface area contributed by atoms with Gasteiger partial charge >= 0.3 is 5.69 Å². The summed E-state index contributed by atoms with van der Waals surface area (Å²) in [6.45, 7) is 4.81. The highest BCUT2D eigenvalue weighted by Gasteiger charge is 2.21. The van der Waals surface area contributed by atoms with E-state index in [1.165, 1.54) is 0 Å². The number of nitro groups is 1.